The monoisotopic (exact) mass is 277 g/mol. The minimum absolute atomic E-state index is 0.0160. The van der Waals surface area contributed by atoms with Gasteiger partial charge in [-0.2, -0.15) is 0 Å². The van der Waals surface area contributed by atoms with Crippen molar-refractivity contribution in [2.24, 2.45) is 11.7 Å². The summed E-state index contributed by atoms with van der Waals surface area (Å²) in [4.78, 5) is 14.1. The van der Waals surface area contributed by atoms with Crippen LogP contribution in [0, 0.1) is 5.92 Å². The highest BCUT2D eigenvalue weighted by Gasteiger charge is 2.20. The van der Waals surface area contributed by atoms with E-state index in [1.54, 1.807) is 0 Å². The van der Waals surface area contributed by atoms with Gasteiger partial charge in [0.1, 0.15) is 0 Å². The number of hydrogen-bond acceptors (Lipinski definition) is 4. The summed E-state index contributed by atoms with van der Waals surface area (Å²) in [6, 6.07) is 7.58. The molecule has 1 aromatic rings. The predicted octanol–water partition coefficient (Wildman–Crippen LogP) is 0.788. The van der Waals surface area contributed by atoms with Crippen molar-refractivity contribution < 1.29 is 9.90 Å². The molecule has 1 fully saturated rings. The van der Waals surface area contributed by atoms with Crippen molar-refractivity contribution in [2.75, 3.05) is 31.6 Å². The summed E-state index contributed by atoms with van der Waals surface area (Å²) in [6.45, 7) is 2.77. The number of hydrogen-bond donors (Lipinski definition) is 3. The number of aliphatic hydroxyl groups is 1. The topological polar surface area (TPSA) is 78.6 Å². The van der Waals surface area contributed by atoms with Crippen LogP contribution in [0.4, 0.5) is 5.69 Å². The molecule has 4 N–H and O–H groups in total. The maximum atomic E-state index is 12.0. The average molecular weight is 277 g/mol. The van der Waals surface area contributed by atoms with Crippen LogP contribution >= 0.6 is 0 Å². The van der Waals surface area contributed by atoms with E-state index in [9.17, 15) is 9.90 Å². The van der Waals surface area contributed by atoms with Gasteiger partial charge in [0, 0.05) is 25.4 Å². The first-order valence-corrected chi connectivity index (χ1v) is 7.13. The van der Waals surface area contributed by atoms with Crippen molar-refractivity contribution in [1.82, 2.24) is 4.90 Å². The number of carbonyl (C=O) groups excluding carboxylic acids is 1. The Labute approximate surface area is 119 Å². The van der Waals surface area contributed by atoms with Crippen molar-refractivity contribution >= 4 is 11.6 Å². The van der Waals surface area contributed by atoms with Crippen molar-refractivity contribution in [3.8, 4) is 0 Å². The second kappa shape index (κ2) is 7.38. The first kappa shape index (κ1) is 15.0. The molecule has 110 valence electrons. The number of rotatable bonds is 5. The predicted molar refractivity (Wildman–Crippen MR) is 79.2 cm³/mol. The molecule has 1 aliphatic rings. The third-order valence-electron chi connectivity index (χ3n) is 3.67. The Kier molecular flexibility index (Phi) is 5.52. The highest BCUT2D eigenvalue weighted by Crippen LogP contribution is 2.16. The molecule has 1 amide bonds. The largest absolute Gasteiger partial charge is 0.396 e. The van der Waals surface area contributed by atoms with Crippen LogP contribution in [-0.4, -0.2) is 42.2 Å². The van der Waals surface area contributed by atoms with Gasteiger partial charge < -0.3 is 16.2 Å². The molecule has 2 rings (SSSR count). The van der Waals surface area contributed by atoms with Gasteiger partial charge in [-0.3, -0.25) is 9.69 Å². The molecule has 1 unspecified atom stereocenters. The molecule has 1 heterocycles. The van der Waals surface area contributed by atoms with E-state index < -0.39 is 0 Å². The molecule has 0 aromatic heterocycles. The van der Waals surface area contributed by atoms with Crippen molar-refractivity contribution in [3.63, 3.8) is 0 Å². The van der Waals surface area contributed by atoms with E-state index in [0.717, 1.165) is 37.2 Å². The van der Waals surface area contributed by atoms with Crippen LogP contribution in [0.15, 0.2) is 24.3 Å². The van der Waals surface area contributed by atoms with E-state index in [1.807, 2.05) is 24.3 Å². The summed E-state index contributed by atoms with van der Waals surface area (Å²) in [7, 11) is 0. The summed E-state index contributed by atoms with van der Waals surface area (Å²) in [5.41, 5.74) is 7.37. The lowest BCUT2D eigenvalue weighted by Gasteiger charge is -2.31. The average Bonchev–Trinajstić information content (AvgIpc) is 2.47. The quantitative estimate of drug-likeness (QED) is 0.743. The van der Waals surface area contributed by atoms with Gasteiger partial charge >= 0.3 is 0 Å². The van der Waals surface area contributed by atoms with Gasteiger partial charge in [-0.15, -0.1) is 0 Å². The van der Waals surface area contributed by atoms with E-state index in [0.29, 0.717) is 19.0 Å². The molecule has 1 aromatic carbocycles. The number of amides is 1. The molecule has 5 heteroatoms. The second-order valence-corrected chi connectivity index (χ2v) is 5.38. The fourth-order valence-corrected chi connectivity index (χ4v) is 2.62. The normalized spacial score (nSPS) is 19.8. The Morgan fingerprint density at radius 1 is 1.50 bits per heavy atom. The molecule has 1 saturated heterocycles. The number of anilines is 1. The number of carbonyl (C=O) groups is 1. The molecular formula is C15H23N3O2. The maximum absolute atomic E-state index is 12.0. The first-order chi connectivity index (χ1) is 9.71. The number of likely N-dealkylation sites (tertiary alicyclic amines) is 1. The van der Waals surface area contributed by atoms with Gasteiger partial charge in [-0.05, 0) is 43.0 Å². The maximum Gasteiger partial charge on any atom is 0.238 e. The summed E-state index contributed by atoms with van der Waals surface area (Å²) in [5, 5.41) is 12.1. The van der Waals surface area contributed by atoms with Gasteiger partial charge in [-0.1, -0.05) is 12.1 Å². The summed E-state index contributed by atoms with van der Waals surface area (Å²) in [5.74, 6) is 0.287. The zero-order valence-corrected chi connectivity index (χ0v) is 11.7. The smallest absolute Gasteiger partial charge is 0.238 e. The Morgan fingerprint density at radius 2 is 2.35 bits per heavy atom. The summed E-state index contributed by atoms with van der Waals surface area (Å²) < 4.78 is 0. The lowest BCUT2D eigenvalue weighted by molar-refractivity contribution is -0.117. The molecular weight excluding hydrogens is 254 g/mol. The van der Waals surface area contributed by atoms with Crippen molar-refractivity contribution in [3.05, 3.63) is 29.8 Å². The van der Waals surface area contributed by atoms with Crippen LogP contribution in [-0.2, 0) is 11.3 Å². The minimum atomic E-state index is -0.0160. The molecule has 0 radical (unpaired) electrons. The number of nitrogens with two attached hydrogens (primary N) is 1. The van der Waals surface area contributed by atoms with Crippen molar-refractivity contribution in [1.29, 1.82) is 0 Å². The molecule has 1 atom stereocenters. The zero-order valence-electron chi connectivity index (χ0n) is 11.7. The van der Waals surface area contributed by atoms with Crippen LogP contribution in [0.25, 0.3) is 0 Å². The third-order valence-corrected chi connectivity index (χ3v) is 3.67. The fourth-order valence-electron chi connectivity index (χ4n) is 2.62. The lowest BCUT2D eigenvalue weighted by Crippen LogP contribution is -2.41. The van der Waals surface area contributed by atoms with E-state index in [-0.39, 0.29) is 12.5 Å². The second-order valence-electron chi connectivity index (χ2n) is 5.38. The van der Waals surface area contributed by atoms with Crippen molar-refractivity contribution in [2.45, 2.75) is 19.4 Å². The Balaban J connectivity index is 1.85. The molecule has 0 spiro atoms. The van der Waals surface area contributed by atoms with Gasteiger partial charge in [0.05, 0.1) is 6.54 Å². The Bertz CT molecular complexity index is 450. The number of aliphatic hydroxyl groups excluding tert-OH is 1. The molecule has 1 aliphatic heterocycles. The van der Waals surface area contributed by atoms with E-state index >= 15 is 0 Å². The standard InChI is InChI=1S/C15H23N3O2/c16-8-12-3-1-5-14(7-12)17-15(20)10-18-6-2-4-13(9-18)11-19/h1,3,5,7,13,19H,2,4,6,8-11,16H2,(H,17,20). The molecule has 5 nitrogen and oxygen atoms in total. The summed E-state index contributed by atoms with van der Waals surface area (Å²) >= 11 is 0. The van der Waals surface area contributed by atoms with E-state index in [1.165, 1.54) is 0 Å². The molecule has 0 bridgehead atoms. The van der Waals surface area contributed by atoms with E-state index in [4.69, 9.17) is 5.73 Å². The Hall–Kier alpha value is -1.43. The fraction of sp³-hybridized carbons (Fsp3) is 0.533. The lowest BCUT2D eigenvalue weighted by atomic mass is 9.99. The Morgan fingerprint density at radius 3 is 3.10 bits per heavy atom. The number of benzene rings is 1. The highest BCUT2D eigenvalue weighted by atomic mass is 16.3. The first-order valence-electron chi connectivity index (χ1n) is 7.13. The molecule has 20 heavy (non-hydrogen) atoms. The number of nitrogens with one attached hydrogen (secondary N) is 1. The number of piperidine rings is 1. The van der Waals surface area contributed by atoms with Crippen LogP contribution in [0.1, 0.15) is 18.4 Å². The molecule has 0 aliphatic carbocycles. The van der Waals surface area contributed by atoms with E-state index in [2.05, 4.69) is 10.2 Å². The van der Waals surface area contributed by atoms with Gasteiger partial charge in [0.15, 0.2) is 0 Å². The zero-order chi connectivity index (χ0) is 14.4. The third kappa shape index (κ3) is 4.30. The van der Waals surface area contributed by atoms with Gasteiger partial charge in [-0.25, -0.2) is 0 Å². The minimum Gasteiger partial charge on any atom is -0.396 e. The van der Waals surface area contributed by atoms with Crippen LogP contribution < -0.4 is 11.1 Å². The molecule has 0 saturated carbocycles. The highest BCUT2D eigenvalue weighted by molar-refractivity contribution is 5.92. The SMILES string of the molecule is NCc1cccc(NC(=O)CN2CCCC(CO)C2)c1. The number of nitrogens with zero attached hydrogens (tertiary/aromatic N) is 1. The van der Waals surface area contributed by atoms with Crippen LogP contribution in [0.3, 0.4) is 0 Å². The van der Waals surface area contributed by atoms with Gasteiger partial charge in [0.2, 0.25) is 5.91 Å². The van der Waals surface area contributed by atoms with Gasteiger partial charge in [0.25, 0.3) is 0 Å². The van der Waals surface area contributed by atoms with Crippen LogP contribution in [0.2, 0.25) is 0 Å². The summed E-state index contributed by atoms with van der Waals surface area (Å²) in [6.07, 6.45) is 2.09. The van der Waals surface area contributed by atoms with Crippen LogP contribution in [0.5, 0.6) is 0 Å².